The topological polar surface area (TPSA) is 66.5 Å². The molecule has 2 aromatic rings. The van der Waals surface area contributed by atoms with Crippen molar-refractivity contribution in [1.82, 2.24) is 10.2 Å². The lowest BCUT2D eigenvalue weighted by Crippen LogP contribution is -2.28. The molecule has 1 atom stereocenters. The quantitative estimate of drug-likeness (QED) is 0.840. The maximum absolute atomic E-state index is 13.0. The molecule has 1 aliphatic rings. The monoisotopic (exact) mass is 354 g/mol. The predicted octanol–water partition coefficient (Wildman–Crippen LogP) is 2.97. The van der Waals surface area contributed by atoms with Gasteiger partial charge in [-0.1, -0.05) is 24.3 Å². The molecule has 0 aromatic heterocycles. The Labute approximate surface area is 150 Å². The van der Waals surface area contributed by atoms with Gasteiger partial charge in [0.05, 0.1) is 12.6 Å². The molecule has 1 heterocycles. The van der Waals surface area contributed by atoms with E-state index in [2.05, 4.69) is 5.32 Å². The number of likely N-dealkylation sites (tertiary alicyclic amines) is 1. The van der Waals surface area contributed by atoms with Gasteiger partial charge in [-0.3, -0.25) is 19.3 Å². The van der Waals surface area contributed by atoms with Crippen LogP contribution >= 0.6 is 0 Å². The van der Waals surface area contributed by atoms with Crippen LogP contribution in [0.3, 0.4) is 0 Å². The molecule has 0 unspecified atom stereocenters. The van der Waals surface area contributed by atoms with Crippen molar-refractivity contribution < 1.29 is 18.8 Å². The molecule has 1 saturated heterocycles. The maximum Gasteiger partial charge on any atom is 0.251 e. The van der Waals surface area contributed by atoms with Gasteiger partial charge in [-0.05, 0) is 42.3 Å². The van der Waals surface area contributed by atoms with Crippen LogP contribution in [-0.4, -0.2) is 22.6 Å². The second-order valence-corrected chi connectivity index (χ2v) is 6.32. The smallest absolute Gasteiger partial charge is 0.251 e. The number of hydrogen-bond donors (Lipinski definition) is 1. The van der Waals surface area contributed by atoms with E-state index in [1.165, 1.54) is 17.0 Å². The molecule has 0 aliphatic carbocycles. The Bertz CT molecular complexity index is 815. The molecule has 0 radical (unpaired) electrons. The van der Waals surface area contributed by atoms with E-state index in [1.54, 1.807) is 36.4 Å². The minimum Gasteiger partial charge on any atom is -0.346 e. The zero-order chi connectivity index (χ0) is 18.7. The number of carbonyl (C=O) groups excluding carboxylic acids is 3. The zero-order valence-electron chi connectivity index (χ0n) is 14.4. The summed E-state index contributed by atoms with van der Waals surface area (Å²) in [6.07, 6.45) is 0.529. The van der Waals surface area contributed by atoms with Gasteiger partial charge in [0, 0.05) is 18.4 Å². The van der Waals surface area contributed by atoms with Crippen LogP contribution in [0.5, 0.6) is 0 Å². The summed E-state index contributed by atoms with van der Waals surface area (Å²) >= 11 is 0. The van der Waals surface area contributed by atoms with E-state index in [9.17, 15) is 18.8 Å². The van der Waals surface area contributed by atoms with Crippen LogP contribution in [0.2, 0.25) is 0 Å². The Kier molecular flexibility index (Phi) is 5.11. The van der Waals surface area contributed by atoms with Gasteiger partial charge in [0.15, 0.2) is 0 Å². The number of amides is 3. The number of halogens is 1. The van der Waals surface area contributed by atoms with Gasteiger partial charge < -0.3 is 5.32 Å². The van der Waals surface area contributed by atoms with Gasteiger partial charge in [-0.25, -0.2) is 4.39 Å². The number of hydrogen-bond acceptors (Lipinski definition) is 3. The van der Waals surface area contributed by atoms with Crippen LogP contribution < -0.4 is 5.32 Å². The van der Waals surface area contributed by atoms with Crippen LogP contribution in [0.15, 0.2) is 48.5 Å². The van der Waals surface area contributed by atoms with E-state index in [1.807, 2.05) is 6.92 Å². The molecule has 2 aromatic carbocycles. The summed E-state index contributed by atoms with van der Waals surface area (Å²) in [4.78, 5) is 36.9. The minimum atomic E-state index is -0.321. The summed E-state index contributed by atoms with van der Waals surface area (Å²) < 4.78 is 13.0. The molecule has 0 saturated carbocycles. The minimum absolute atomic E-state index is 0.162. The van der Waals surface area contributed by atoms with Crippen LogP contribution in [0.25, 0.3) is 0 Å². The van der Waals surface area contributed by atoms with Gasteiger partial charge in [0.2, 0.25) is 11.8 Å². The van der Waals surface area contributed by atoms with E-state index in [-0.39, 0.29) is 49.0 Å². The van der Waals surface area contributed by atoms with E-state index in [0.717, 1.165) is 11.1 Å². The van der Waals surface area contributed by atoms with Gasteiger partial charge in [-0.15, -0.1) is 0 Å². The van der Waals surface area contributed by atoms with Gasteiger partial charge in [0.1, 0.15) is 5.82 Å². The van der Waals surface area contributed by atoms with Crippen LogP contribution in [0.1, 0.15) is 47.3 Å². The summed E-state index contributed by atoms with van der Waals surface area (Å²) in [5.41, 5.74) is 2.07. The van der Waals surface area contributed by atoms with Crippen molar-refractivity contribution in [2.45, 2.75) is 32.4 Å². The molecule has 3 amide bonds. The van der Waals surface area contributed by atoms with Crippen LogP contribution in [0.4, 0.5) is 4.39 Å². The van der Waals surface area contributed by atoms with Crippen molar-refractivity contribution >= 4 is 17.7 Å². The normalized spacial score (nSPS) is 15.2. The Hall–Kier alpha value is -3.02. The summed E-state index contributed by atoms with van der Waals surface area (Å²) in [5.74, 6) is -0.894. The molecule has 134 valence electrons. The van der Waals surface area contributed by atoms with E-state index < -0.39 is 0 Å². The highest BCUT2D eigenvalue weighted by Crippen LogP contribution is 2.17. The lowest BCUT2D eigenvalue weighted by atomic mass is 10.1. The lowest BCUT2D eigenvalue weighted by Gasteiger charge is -2.16. The number of imide groups is 1. The summed E-state index contributed by atoms with van der Waals surface area (Å²) in [7, 11) is 0. The number of nitrogens with zero attached hydrogens (tertiary/aromatic N) is 1. The molecule has 0 bridgehead atoms. The molecule has 1 N–H and O–H groups in total. The van der Waals surface area contributed by atoms with Gasteiger partial charge >= 0.3 is 0 Å². The van der Waals surface area contributed by atoms with Crippen molar-refractivity contribution in [1.29, 1.82) is 0 Å². The molecule has 1 aliphatic heterocycles. The first-order valence-electron chi connectivity index (χ1n) is 8.42. The molecule has 3 rings (SSSR count). The average Bonchev–Trinajstić information content (AvgIpc) is 2.94. The lowest BCUT2D eigenvalue weighted by molar-refractivity contribution is -0.139. The SMILES string of the molecule is C[C@H](NC(=O)c1ccc(CN2C(=O)CCC2=O)cc1)c1ccc(F)cc1. The highest BCUT2D eigenvalue weighted by atomic mass is 19.1. The summed E-state index contributed by atoms with van der Waals surface area (Å²) in [5, 5.41) is 2.86. The fraction of sp³-hybridized carbons (Fsp3) is 0.250. The van der Waals surface area contributed by atoms with Crippen molar-refractivity contribution in [2.24, 2.45) is 0 Å². The summed E-state index contributed by atoms with van der Waals surface area (Å²) in [6.45, 7) is 2.05. The number of carbonyl (C=O) groups is 3. The third-order valence-electron chi connectivity index (χ3n) is 4.43. The van der Waals surface area contributed by atoms with E-state index >= 15 is 0 Å². The molecule has 1 fully saturated rings. The Balaban J connectivity index is 1.62. The van der Waals surface area contributed by atoms with Crippen molar-refractivity contribution in [3.8, 4) is 0 Å². The third kappa shape index (κ3) is 3.96. The Morgan fingerprint density at radius 2 is 1.62 bits per heavy atom. The second kappa shape index (κ2) is 7.47. The van der Waals surface area contributed by atoms with Crippen molar-refractivity contribution in [2.75, 3.05) is 0 Å². The van der Waals surface area contributed by atoms with E-state index in [0.29, 0.717) is 5.56 Å². The first-order chi connectivity index (χ1) is 12.4. The summed E-state index contributed by atoms with van der Waals surface area (Å²) in [6, 6.07) is 12.5. The van der Waals surface area contributed by atoms with Crippen LogP contribution in [0, 0.1) is 5.82 Å². The molecular formula is C20H19FN2O3. The predicted molar refractivity (Wildman–Crippen MR) is 93.5 cm³/mol. The highest BCUT2D eigenvalue weighted by Gasteiger charge is 2.28. The standard InChI is InChI=1S/C20H19FN2O3/c1-13(15-6-8-17(21)9-7-15)22-20(26)16-4-2-14(3-5-16)12-23-18(24)10-11-19(23)25/h2-9,13H,10-12H2,1H3,(H,22,26)/t13-/m0/s1. The highest BCUT2D eigenvalue weighted by molar-refractivity contribution is 6.01. The molecule has 5 nitrogen and oxygen atoms in total. The van der Waals surface area contributed by atoms with Crippen LogP contribution in [-0.2, 0) is 16.1 Å². The van der Waals surface area contributed by atoms with Gasteiger partial charge in [-0.2, -0.15) is 0 Å². The molecule has 0 spiro atoms. The third-order valence-corrected chi connectivity index (χ3v) is 4.43. The number of nitrogens with one attached hydrogen (secondary N) is 1. The van der Waals surface area contributed by atoms with Gasteiger partial charge in [0.25, 0.3) is 5.91 Å². The Morgan fingerprint density at radius 1 is 1.04 bits per heavy atom. The number of benzene rings is 2. The molecule has 6 heteroatoms. The molecular weight excluding hydrogens is 335 g/mol. The fourth-order valence-electron chi connectivity index (χ4n) is 2.86. The number of rotatable bonds is 5. The zero-order valence-corrected chi connectivity index (χ0v) is 14.4. The Morgan fingerprint density at radius 3 is 2.19 bits per heavy atom. The molecule has 26 heavy (non-hydrogen) atoms. The first kappa shape index (κ1) is 17.8. The largest absolute Gasteiger partial charge is 0.346 e. The maximum atomic E-state index is 13.0. The van der Waals surface area contributed by atoms with E-state index in [4.69, 9.17) is 0 Å². The first-order valence-corrected chi connectivity index (χ1v) is 8.42. The van der Waals surface area contributed by atoms with Crippen molar-refractivity contribution in [3.63, 3.8) is 0 Å². The average molecular weight is 354 g/mol. The van der Waals surface area contributed by atoms with Crippen molar-refractivity contribution in [3.05, 3.63) is 71.0 Å². The fourth-order valence-corrected chi connectivity index (χ4v) is 2.86. The second-order valence-electron chi connectivity index (χ2n) is 6.32.